The largest absolute Gasteiger partial charge is 0.406 e. The number of pyridine rings is 1. The fourth-order valence-corrected chi connectivity index (χ4v) is 6.60. The average molecular weight is 604 g/mol. The van der Waals surface area contributed by atoms with Crippen molar-refractivity contribution in [1.29, 1.82) is 0 Å². The molecule has 5 heterocycles. The molecule has 1 atom stereocenters. The predicted octanol–water partition coefficient (Wildman–Crippen LogP) is 4.15. The van der Waals surface area contributed by atoms with Gasteiger partial charge in [-0.25, -0.2) is 4.79 Å². The quantitative estimate of drug-likeness (QED) is 0.465. The van der Waals surface area contributed by atoms with E-state index in [1.165, 1.54) is 6.20 Å². The van der Waals surface area contributed by atoms with Crippen LogP contribution in [0.4, 0.5) is 23.7 Å². The Balaban J connectivity index is 1.15. The molecule has 0 radical (unpaired) electrons. The molecule has 222 valence electrons. The number of H-pyrrole nitrogens is 1. The summed E-state index contributed by atoms with van der Waals surface area (Å²) >= 11 is 6.41. The molecule has 0 saturated carbocycles. The van der Waals surface area contributed by atoms with E-state index in [9.17, 15) is 27.6 Å². The van der Waals surface area contributed by atoms with Gasteiger partial charge in [-0.3, -0.25) is 19.7 Å². The number of carbonyl (C=O) groups is 3. The molecule has 3 aliphatic rings. The van der Waals surface area contributed by atoms with Gasteiger partial charge in [0.1, 0.15) is 6.54 Å². The summed E-state index contributed by atoms with van der Waals surface area (Å²) in [6, 6.07) is 4.96. The van der Waals surface area contributed by atoms with Crippen molar-refractivity contribution in [2.24, 2.45) is 5.92 Å². The first-order valence-corrected chi connectivity index (χ1v) is 14.2. The van der Waals surface area contributed by atoms with Crippen molar-refractivity contribution in [3.63, 3.8) is 0 Å². The highest BCUT2D eigenvalue weighted by atomic mass is 35.5. The number of aromatic amines is 1. The van der Waals surface area contributed by atoms with E-state index in [2.05, 4.69) is 20.5 Å². The molecule has 2 N–H and O–H groups in total. The number of likely N-dealkylation sites (tertiary alicyclic amines) is 1. The number of urea groups is 1. The molecule has 1 aromatic carbocycles. The predicted molar refractivity (Wildman–Crippen MR) is 148 cm³/mol. The minimum atomic E-state index is -4.60. The summed E-state index contributed by atoms with van der Waals surface area (Å²) in [5, 5.41) is 10.6. The Bertz CT molecular complexity index is 1540. The van der Waals surface area contributed by atoms with Gasteiger partial charge in [-0.05, 0) is 48.6 Å². The number of alkyl halides is 3. The smallest absolute Gasteiger partial charge is 0.343 e. The topological polar surface area (TPSA) is 115 Å². The summed E-state index contributed by atoms with van der Waals surface area (Å²) in [7, 11) is 0. The van der Waals surface area contributed by atoms with Gasteiger partial charge in [-0.1, -0.05) is 11.6 Å². The molecule has 14 heteroatoms. The first kappa shape index (κ1) is 28.3. The highest BCUT2D eigenvalue weighted by Gasteiger charge is 2.40. The van der Waals surface area contributed by atoms with Crippen LogP contribution in [0.25, 0.3) is 10.9 Å². The van der Waals surface area contributed by atoms with Crippen LogP contribution in [-0.2, 0) is 29.0 Å². The number of rotatable bonds is 4. The third-order valence-corrected chi connectivity index (χ3v) is 8.70. The lowest BCUT2D eigenvalue weighted by Gasteiger charge is -2.38. The van der Waals surface area contributed by atoms with Gasteiger partial charge in [0, 0.05) is 56.6 Å². The van der Waals surface area contributed by atoms with Crippen LogP contribution in [0.2, 0.25) is 5.02 Å². The first-order chi connectivity index (χ1) is 20.1. The summed E-state index contributed by atoms with van der Waals surface area (Å²) < 4.78 is 40.5. The lowest BCUT2D eigenvalue weighted by atomic mass is 9.92. The average Bonchev–Trinajstić information content (AvgIpc) is 3.34. The third kappa shape index (κ3) is 5.61. The van der Waals surface area contributed by atoms with E-state index in [-0.39, 0.29) is 37.4 Å². The maximum absolute atomic E-state index is 13.5. The minimum absolute atomic E-state index is 0.0726. The molecule has 0 spiro atoms. The Morgan fingerprint density at radius 3 is 2.71 bits per heavy atom. The van der Waals surface area contributed by atoms with Gasteiger partial charge in [0.2, 0.25) is 11.8 Å². The zero-order chi connectivity index (χ0) is 29.6. The molecule has 0 unspecified atom stereocenters. The lowest BCUT2D eigenvalue weighted by molar-refractivity contribution is -0.165. The van der Waals surface area contributed by atoms with E-state index in [1.807, 2.05) is 6.07 Å². The van der Waals surface area contributed by atoms with Gasteiger partial charge >= 0.3 is 12.2 Å². The molecule has 1 fully saturated rings. The molecular weight excluding hydrogens is 575 g/mol. The molecule has 4 amide bonds. The minimum Gasteiger partial charge on any atom is -0.343 e. The van der Waals surface area contributed by atoms with Crippen LogP contribution in [0.15, 0.2) is 30.6 Å². The van der Waals surface area contributed by atoms with E-state index >= 15 is 0 Å². The summed E-state index contributed by atoms with van der Waals surface area (Å²) in [4.78, 5) is 48.3. The van der Waals surface area contributed by atoms with Crippen LogP contribution in [-0.4, -0.2) is 86.1 Å². The van der Waals surface area contributed by atoms with Gasteiger partial charge in [0.05, 0.1) is 34.0 Å². The standard InChI is InChI=1S/C28H29ClF3N7O3/c29-21-11-16-10-17(26(41)38(15-28(30,31)32)14-20(16)19-13-34-36-25(19)21)12-24(40)37-7-3-18(4-8-37)39-9-5-22-23(35-27(39)42)2-1-6-33-22/h1-2,6,11,13,17-18H,3-5,7-10,12,14-15H2,(H,34,36)(H,35,42)/t17-/m0/s1. The monoisotopic (exact) mass is 603 g/mol. The second-order valence-electron chi connectivity index (χ2n) is 11.1. The van der Waals surface area contributed by atoms with Crippen molar-refractivity contribution in [3.8, 4) is 0 Å². The van der Waals surface area contributed by atoms with Crippen LogP contribution >= 0.6 is 11.6 Å². The number of halogens is 4. The number of benzene rings is 1. The zero-order valence-electron chi connectivity index (χ0n) is 22.6. The molecule has 2 aromatic heterocycles. The van der Waals surface area contributed by atoms with Crippen molar-refractivity contribution in [2.45, 2.75) is 50.9 Å². The molecule has 1 saturated heterocycles. The van der Waals surface area contributed by atoms with E-state index in [4.69, 9.17) is 11.6 Å². The van der Waals surface area contributed by atoms with Gasteiger partial charge in [0.15, 0.2) is 0 Å². The zero-order valence-corrected chi connectivity index (χ0v) is 23.3. The SMILES string of the molecule is O=C(C[C@@H]1Cc2cc(Cl)c3[nH]ncc3c2CN(CC(F)(F)F)C1=O)N1CCC(N2CCc3ncccc3NC2=O)CC1. The van der Waals surface area contributed by atoms with Crippen LogP contribution in [0.5, 0.6) is 0 Å². The number of hydrogen-bond acceptors (Lipinski definition) is 5. The third-order valence-electron chi connectivity index (χ3n) is 8.40. The van der Waals surface area contributed by atoms with Crippen molar-refractivity contribution in [1.82, 2.24) is 29.9 Å². The van der Waals surface area contributed by atoms with Crippen LogP contribution in [0.1, 0.15) is 36.1 Å². The Labute approximate surface area is 244 Å². The number of nitrogens with zero attached hydrogens (tertiary/aromatic N) is 5. The number of amides is 4. The maximum atomic E-state index is 13.5. The molecule has 0 aliphatic carbocycles. The van der Waals surface area contributed by atoms with Crippen molar-refractivity contribution in [2.75, 3.05) is 31.5 Å². The normalized spacial score (nSPS) is 20.2. The van der Waals surface area contributed by atoms with Crippen molar-refractivity contribution < 1.29 is 27.6 Å². The molecule has 10 nitrogen and oxygen atoms in total. The van der Waals surface area contributed by atoms with Gasteiger partial charge in [0.25, 0.3) is 0 Å². The van der Waals surface area contributed by atoms with Gasteiger partial charge in [-0.2, -0.15) is 18.3 Å². The van der Waals surface area contributed by atoms with Gasteiger partial charge in [-0.15, -0.1) is 0 Å². The Hall–Kier alpha value is -3.87. The number of anilines is 1. The van der Waals surface area contributed by atoms with E-state index in [0.717, 1.165) is 10.6 Å². The van der Waals surface area contributed by atoms with Crippen molar-refractivity contribution >= 4 is 46.0 Å². The summed E-state index contributed by atoms with van der Waals surface area (Å²) in [5.41, 5.74) is 3.19. The molecule has 0 bridgehead atoms. The Morgan fingerprint density at radius 2 is 1.95 bits per heavy atom. The van der Waals surface area contributed by atoms with Crippen molar-refractivity contribution in [3.05, 3.63) is 52.4 Å². The summed E-state index contributed by atoms with van der Waals surface area (Å²) in [6.45, 7) is -0.408. The highest BCUT2D eigenvalue weighted by Crippen LogP contribution is 2.35. The molecule has 3 aliphatic heterocycles. The second kappa shape index (κ2) is 11.1. The van der Waals surface area contributed by atoms with E-state index in [0.29, 0.717) is 71.6 Å². The highest BCUT2D eigenvalue weighted by molar-refractivity contribution is 6.35. The summed E-state index contributed by atoms with van der Waals surface area (Å²) in [6.07, 6.45) is 0.177. The molecular formula is C28H29ClF3N7O3. The number of aromatic nitrogens is 3. The fraction of sp³-hybridized carbons (Fsp3) is 0.464. The van der Waals surface area contributed by atoms with Gasteiger partial charge < -0.3 is 20.0 Å². The first-order valence-electron chi connectivity index (χ1n) is 13.9. The van der Waals surface area contributed by atoms with Crippen LogP contribution in [0.3, 0.4) is 0 Å². The number of piperidine rings is 1. The van der Waals surface area contributed by atoms with Crippen LogP contribution in [0, 0.1) is 5.92 Å². The Kier molecular flexibility index (Phi) is 7.46. The molecule has 3 aromatic rings. The number of carbonyl (C=O) groups excluding carboxylic acids is 3. The van der Waals surface area contributed by atoms with E-state index < -0.39 is 24.5 Å². The lowest BCUT2D eigenvalue weighted by Crippen LogP contribution is -2.50. The number of nitrogens with one attached hydrogen (secondary N) is 2. The summed E-state index contributed by atoms with van der Waals surface area (Å²) in [5.74, 6) is -1.98. The Morgan fingerprint density at radius 1 is 1.17 bits per heavy atom. The number of fused-ring (bicyclic) bond motifs is 4. The molecule has 42 heavy (non-hydrogen) atoms. The second-order valence-corrected chi connectivity index (χ2v) is 11.5. The fourth-order valence-electron chi connectivity index (χ4n) is 6.32. The van der Waals surface area contributed by atoms with Crippen LogP contribution < -0.4 is 5.32 Å². The van der Waals surface area contributed by atoms with E-state index in [1.54, 1.807) is 28.1 Å². The number of hydrogen-bond donors (Lipinski definition) is 2. The maximum Gasteiger partial charge on any atom is 0.406 e. The molecule has 6 rings (SSSR count).